The molecule has 0 bridgehead atoms. The smallest absolute Gasteiger partial charge is 0.187 e. The second-order valence-corrected chi connectivity index (χ2v) is 2.39. The zero-order valence-corrected chi connectivity index (χ0v) is 6.26. The van der Waals surface area contributed by atoms with Crippen molar-refractivity contribution < 1.29 is 4.79 Å². The SMILES string of the molecule is CSc1ncc(C=O)cn1. The molecule has 3 nitrogen and oxygen atoms in total. The first-order valence-corrected chi connectivity index (χ1v) is 3.90. The van der Waals surface area contributed by atoms with Gasteiger partial charge in [0.1, 0.15) is 0 Å². The van der Waals surface area contributed by atoms with Crippen molar-refractivity contribution in [2.45, 2.75) is 5.16 Å². The Labute approximate surface area is 62.9 Å². The van der Waals surface area contributed by atoms with Crippen LogP contribution in [0.25, 0.3) is 0 Å². The Balaban J connectivity index is 2.90. The van der Waals surface area contributed by atoms with Crippen LogP contribution in [0.3, 0.4) is 0 Å². The molecular weight excluding hydrogens is 148 g/mol. The summed E-state index contributed by atoms with van der Waals surface area (Å²) in [5.74, 6) is 0. The van der Waals surface area contributed by atoms with E-state index in [-0.39, 0.29) is 0 Å². The zero-order valence-electron chi connectivity index (χ0n) is 5.44. The molecule has 52 valence electrons. The van der Waals surface area contributed by atoms with Gasteiger partial charge in [-0.1, -0.05) is 11.8 Å². The van der Waals surface area contributed by atoms with Gasteiger partial charge in [-0.15, -0.1) is 0 Å². The number of hydrogen-bond donors (Lipinski definition) is 0. The average Bonchev–Trinajstić information content (AvgIpc) is 2.05. The van der Waals surface area contributed by atoms with E-state index in [0.717, 1.165) is 6.29 Å². The number of carbonyl (C=O) groups is 1. The molecule has 0 radical (unpaired) electrons. The van der Waals surface area contributed by atoms with Crippen molar-refractivity contribution in [3.8, 4) is 0 Å². The number of hydrogen-bond acceptors (Lipinski definition) is 4. The minimum atomic E-state index is 0.512. The molecule has 0 N–H and O–H groups in total. The standard InChI is InChI=1S/C6H6N2OS/c1-10-6-7-2-5(4-9)3-8-6/h2-4H,1H3. The number of carbonyl (C=O) groups excluding carboxylic acids is 1. The molecule has 0 unspecified atom stereocenters. The Kier molecular flexibility index (Phi) is 2.39. The Morgan fingerprint density at radius 3 is 2.50 bits per heavy atom. The highest BCUT2D eigenvalue weighted by molar-refractivity contribution is 7.98. The summed E-state index contributed by atoms with van der Waals surface area (Å²) in [5.41, 5.74) is 0.512. The fourth-order valence-electron chi connectivity index (χ4n) is 0.492. The van der Waals surface area contributed by atoms with Gasteiger partial charge in [0, 0.05) is 12.4 Å². The molecule has 0 fully saturated rings. The minimum Gasteiger partial charge on any atom is -0.298 e. The maximum absolute atomic E-state index is 10.1. The van der Waals surface area contributed by atoms with Crippen LogP contribution in [0, 0.1) is 0 Å². The van der Waals surface area contributed by atoms with Gasteiger partial charge >= 0.3 is 0 Å². The van der Waals surface area contributed by atoms with Gasteiger partial charge in [-0.05, 0) is 6.26 Å². The van der Waals surface area contributed by atoms with E-state index < -0.39 is 0 Å². The summed E-state index contributed by atoms with van der Waals surface area (Å²) in [7, 11) is 0. The van der Waals surface area contributed by atoms with Crippen molar-refractivity contribution in [3.63, 3.8) is 0 Å². The van der Waals surface area contributed by atoms with E-state index in [4.69, 9.17) is 0 Å². The van der Waals surface area contributed by atoms with Gasteiger partial charge in [-0.25, -0.2) is 9.97 Å². The first-order valence-electron chi connectivity index (χ1n) is 2.68. The topological polar surface area (TPSA) is 42.9 Å². The molecule has 0 atom stereocenters. The molecule has 0 saturated heterocycles. The van der Waals surface area contributed by atoms with Gasteiger partial charge in [0.25, 0.3) is 0 Å². The molecule has 0 aromatic carbocycles. The van der Waals surface area contributed by atoms with Crippen molar-refractivity contribution in [1.29, 1.82) is 0 Å². The molecule has 0 amide bonds. The van der Waals surface area contributed by atoms with E-state index in [0.29, 0.717) is 10.7 Å². The van der Waals surface area contributed by atoms with Gasteiger partial charge in [0.2, 0.25) is 0 Å². The highest BCUT2D eigenvalue weighted by atomic mass is 32.2. The van der Waals surface area contributed by atoms with Crippen molar-refractivity contribution in [2.75, 3.05) is 6.26 Å². The van der Waals surface area contributed by atoms with Gasteiger partial charge in [0.05, 0.1) is 5.56 Å². The predicted molar refractivity (Wildman–Crippen MR) is 39.2 cm³/mol. The molecule has 10 heavy (non-hydrogen) atoms. The van der Waals surface area contributed by atoms with Crippen LogP contribution in [0.1, 0.15) is 10.4 Å². The molecule has 0 spiro atoms. The van der Waals surface area contributed by atoms with Crippen molar-refractivity contribution in [1.82, 2.24) is 9.97 Å². The molecule has 0 saturated carbocycles. The van der Waals surface area contributed by atoms with E-state index in [1.54, 1.807) is 0 Å². The molecule has 4 heteroatoms. The highest BCUT2D eigenvalue weighted by Gasteiger charge is 1.92. The van der Waals surface area contributed by atoms with E-state index in [1.807, 2.05) is 6.26 Å². The first kappa shape index (κ1) is 7.21. The lowest BCUT2D eigenvalue weighted by Gasteiger charge is -1.91. The van der Waals surface area contributed by atoms with Crippen molar-refractivity contribution in [2.24, 2.45) is 0 Å². The first-order chi connectivity index (χ1) is 4.86. The van der Waals surface area contributed by atoms with Gasteiger partial charge in [-0.3, -0.25) is 4.79 Å². The highest BCUT2D eigenvalue weighted by Crippen LogP contribution is 2.05. The number of aldehydes is 1. The van der Waals surface area contributed by atoms with Crippen LogP contribution >= 0.6 is 11.8 Å². The maximum Gasteiger partial charge on any atom is 0.187 e. The van der Waals surface area contributed by atoms with Crippen LogP contribution in [0.15, 0.2) is 17.6 Å². The van der Waals surface area contributed by atoms with E-state index in [9.17, 15) is 4.79 Å². The summed E-state index contributed by atoms with van der Waals surface area (Å²) in [6.45, 7) is 0. The number of rotatable bonds is 2. The quantitative estimate of drug-likeness (QED) is 0.362. The van der Waals surface area contributed by atoms with Gasteiger partial charge in [-0.2, -0.15) is 0 Å². The summed E-state index contributed by atoms with van der Waals surface area (Å²) in [5, 5.41) is 0.686. The molecule has 0 aliphatic heterocycles. The molecule has 1 aromatic rings. The molecule has 1 rings (SSSR count). The summed E-state index contributed by atoms with van der Waals surface area (Å²) >= 11 is 1.45. The Bertz CT molecular complexity index is 222. The van der Waals surface area contributed by atoms with Crippen molar-refractivity contribution >= 4 is 18.0 Å². The van der Waals surface area contributed by atoms with Crippen molar-refractivity contribution in [3.05, 3.63) is 18.0 Å². The molecule has 1 heterocycles. The third-order valence-electron chi connectivity index (χ3n) is 0.967. The monoisotopic (exact) mass is 154 g/mol. The van der Waals surface area contributed by atoms with Crippen LogP contribution in [0.2, 0.25) is 0 Å². The fourth-order valence-corrected chi connectivity index (χ4v) is 0.809. The third-order valence-corrected chi connectivity index (χ3v) is 1.54. The maximum atomic E-state index is 10.1. The third kappa shape index (κ3) is 1.54. The Morgan fingerprint density at radius 2 is 2.10 bits per heavy atom. The molecule has 0 aliphatic rings. The fraction of sp³-hybridized carbons (Fsp3) is 0.167. The number of aromatic nitrogens is 2. The van der Waals surface area contributed by atoms with Gasteiger partial charge < -0.3 is 0 Å². The summed E-state index contributed by atoms with van der Waals surface area (Å²) < 4.78 is 0. The lowest BCUT2D eigenvalue weighted by molar-refractivity contribution is 0.112. The zero-order chi connectivity index (χ0) is 7.40. The van der Waals surface area contributed by atoms with Crippen LogP contribution < -0.4 is 0 Å². The largest absolute Gasteiger partial charge is 0.298 e. The van der Waals surface area contributed by atoms with Crippen LogP contribution in [0.4, 0.5) is 0 Å². The number of nitrogens with zero attached hydrogens (tertiary/aromatic N) is 2. The summed E-state index contributed by atoms with van der Waals surface area (Å²) in [6.07, 6.45) is 5.62. The van der Waals surface area contributed by atoms with E-state index >= 15 is 0 Å². The summed E-state index contributed by atoms with van der Waals surface area (Å²) in [4.78, 5) is 17.9. The molecule has 1 aromatic heterocycles. The molecular formula is C6H6N2OS. The Hall–Kier alpha value is -0.900. The second kappa shape index (κ2) is 3.31. The average molecular weight is 154 g/mol. The second-order valence-electron chi connectivity index (χ2n) is 1.62. The van der Waals surface area contributed by atoms with E-state index in [1.165, 1.54) is 24.2 Å². The summed E-state index contributed by atoms with van der Waals surface area (Å²) in [6, 6.07) is 0. The normalized spacial score (nSPS) is 9.30. The lowest BCUT2D eigenvalue weighted by atomic mass is 10.4. The number of thioether (sulfide) groups is 1. The van der Waals surface area contributed by atoms with Crippen LogP contribution in [-0.4, -0.2) is 22.5 Å². The molecule has 0 aliphatic carbocycles. The van der Waals surface area contributed by atoms with Crippen LogP contribution in [-0.2, 0) is 0 Å². The van der Waals surface area contributed by atoms with E-state index in [2.05, 4.69) is 9.97 Å². The minimum absolute atomic E-state index is 0.512. The lowest BCUT2D eigenvalue weighted by Crippen LogP contribution is -1.87. The predicted octanol–water partition coefficient (Wildman–Crippen LogP) is 1.01. The Morgan fingerprint density at radius 1 is 1.50 bits per heavy atom. The van der Waals surface area contributed by atoms with Gasteiger partial charge in [0.15, 0.2) is 11.4 Å². The van der Waals surface area contributed by atoms with Crippen LogP contribution in [0.5, 0.6) is 0 Å².